The molecule has 3 heteroatoms. The molecule has 1 N–H and O–H groups in total. The van der Waals surface area contributed by atoms with Crippen LogP contribution in [0.1, 0.15) is 40.3 Å². The second kappa shape index (κ2) is 5.56. The average molecular weight is 313 g/mol. The highest BCUT2D eigenvalue weighted by Crippen LogP contribution is 2.38. The third kappa shape index (κ3) is 2.33. The molecule has 0 saturated carbocycles. The molecule has 3 aromatic rings. The first-order valence-corrected chi connectivity index (χ1v) is 9.37. The number of hydrogen-bond donors (Lipinski definition) is 1. The van der Waals surface area contributed by atoms with E-state index in [1.165, 1.54) is 39.8 Å². The van der Waals surface area contributed by atoms with Crippen LogP contribution in [0.2, 0.25) is 0 Å². The number of nitrogens with one attached hydrogen (secondary N) is 1. The van der Waals surface area contributed by atoms with Crippen molar-refractivity contribution >= 4 is 32.8 Å². The van der Waals surface area contributed by atoms with E-state index in [9.17, 15) is 0 Å². The topological polar surface area (TPSA) is 12.0 Å². The van der Waals surface area contributed by atoms with Crippen molar-refractivity contribution in [1.29, 1.82) is 0 Å². The van der Waals surface area contributed by atoms with Crippen LogP contribution in [-0.4, -0.2) is 6.54 Å². The van der Waals surface area contributed by atoms with Crippen LogP contribution in [0, 0.1) is 0 Å². The highest BCUT2D eigenvalue weighted by molar-refractivity contribution is 7.17. The number of aryl methyl sites for hydroxylation is 2. The van der Waals surface area contributed by atoms with E-state index in [0.717, 1.165) is 6.54 Å². The van der Waals surface area contributed by atoms with Gasteiger partial charge in [-0.3, -0.25) is 0 Å². The van der Waals surface area contributed by atoms with Gasteiger partial charge in [0.05, 0.1) is 6.04 Å². The lowest BCUT2D eigenvalue weighted by Gasteiger charge is -2.18. The molecule has 0 radical (unpaired) electrons. The van der Waals surface area contributed by atoms with Crippen molar-refractivity contribution in [2.45, 2.75) is 32.2 Å². The predicted octanol–water partition coefficient (Wildman–Crippen LogP) is 5.15. The molecule has 0 spiro atoms. The van der Waals surface area contributed by atoms with Crippen molar-refractivity contribution in [2.75, 3.05) is 6.54 Å². The summed E-state index contributed by atoms with van der Waals surface area (Å²) in [5.74, 6) is 0. The Labute approximate surface area is 133 Å². The van der Waals surface area contributed by atoms with E-state index >= 15 is 0 Å². The van der Waals surface area contributed by atoms with Gasteiger partial charge in [0.15, 0.2) is 0 Å². The van der Waals surface area contributed by atoms with Gasteiger partial charge in [0.2, 0.25) is 0 Å². The Bertz CT molecular complexity index is 747. The molecule has 0 fully saturated rings. The third-order valence-corrected chi connectivity index (χ3v) is 6.56. The minimum absolute atomic E-state index is 0.341. The van der Waals surface area contributed by atoms with Crippen LogP contribution in [0.25, 0.3) is 10.1 Å². The van der Waals surface area contributed by atoms with Gasteiger partial charge in [-0.25, -0.2) is 0 Å². The Morgan fingerprint density at radius 2 is 2.19 bits per heavy atom. The van der Waals surface area contributed by atoms with Crippen LogP contribution in [0.5, 0.6) is 0 Å². The number of benzene rings is 1. The molecular weight excluding hydrogens is 294 g/mol. The first-order valence-electron chi connectivity index (χ1n) is 7.68. The number of fused-ring (bicyclic) bond motifs is 2. The van der Waals surface area contributed by atoms with E-state index in [4.69, 9.17) is 0 Å². The highest BCUT2D eigenvalue weighted by Gasteiger charge is 2.22. The van der Waals surface area contributed by atoms with Crippen LogP contribution in [0.4, 0.5) is 0 Å². The number of rotatable bonds is 4. The lowest BCUT2D eigenvalue weighted by atomic mass is 10.0. The summed E-state index contributed by atoms with van der Waals surface area (Å²) in [6.07, 6.45) is 3.89. The summed E-state index contributed by atoms with van der Waals surface area (Å²) in [5.41, 5.74) is 3.03. The van der Waals surface area contributed by atoms with Gasteiger partial charge in [0.25, 0.3) is 0 Å². The smallest absolute Gasteiger partial charge is 0.0685 e. The van der Waals surface area contributed by atoms with Gasteiger partial charge in [0.1, 0.15) is 0 Å². The van der Waals surface area contributed by atoms with E-state index in [1.807, 2.05) is 22.7 Å². The van der Waals surface area contributed by atoms with Crippen LogP contribution in [0.15, 0.2) is 35.7 Å². The molecule has 4 rings (SSSR count). The second-order valence-corrected chi connectivity index (χ2v) is 7.71. The molecule has 1 aliphatic rings. The molecule has 1 aliphatic carbocycles. The molecule has 108 valence electrons. The van der Waals surface area contributed by atoms with E-state index < -0.39 is 0 Å². The molecule has 2 heterocycles. The van der Waals surface area contributed by atoms with Crippen LogP contribution < -0.4 is 5.32 Å². The lowest BCUT2D eigenvalue weighted by molar-refractivity contribution is 0.643. The van der Waals surface area contributed by atoms with Crippen molar-refractivity contribution in [3.05, 3.63) is 56.6 Å². The Kier molecular flexibility index (Phi) is 3.57. The fourth-order valence-electron chi connectivity index (χ4n) is 3.31. The summed E-state index contributed by atoms with van der Waals surface area (Å²) < 4.78 is 1.43. The molecule has 1 atom stereocenters. The summed E-state index contributed by atoms with van der Waals surface area (Å²) in [6.45, 7) is 3.19. The molecule has 21 heavy (non-hydrogen) atoms. The Balaban J connectivity index is 1.81. The summed E-state index contributed by atoms with van der Waals surface area (Å²) in [5, 5.41) is 7.27. The van der Waals surface area contributed by atoms with E-state index in [0.29, 0.717) is 6.04 Å². The molecule has 1 aromatic carbocycles. The third-order valence-electron chi connectivity index (χ3n) is 4.28. The van der Waals surface area contributed by atoms with Crippen molar-refractivity contribution in [1.82, 2.24) is 5.32 Å². The quantitative estimate of drug-likeness (QED) is 0.702. The molecular formula is C18H19NS2. The van der Waals surface area contributed by atoms with Crippen LogP contribution in [-0.2, 0) is 12.8 Å². The Hall–Kier alpha value is -1.16. The lowest BCUT2D eigenvalue weighted by Crippen LogP contribution is -2.21. The fraction of sp³-hybridized carbons (Fsp3) is 0.333. The number of hydrogen-bond acceptors (Lipinski definition) is 3. The molecule has 1 unspecified atom stereocenters. The molecule has 0 saturated heterocycles. The summed E-state index contributed by atoms with van der Waals surface area (Å²) >= 11 is 3.88. The van der Waals surface area contributed by atoms with Gasteiger partial charge < -0.3 is 5.32 Å². The normalized spacial score (nSPS) is 15.5. The van der Waals surface area contributed by atoms with Gasteiger partial charge in [0, 0.05) is 14.5 Å². The maximum absolute atomic E-state index is 3.70. The Morgan fingerprint density at radius 3 is 3.05 bits per heavy atom. The first-order chi connectivity index (χ1) is 10.4. The fourth-order valence-corrected chi connectivity index (χ4v) is 5.60. The maximum Gasteiger partial charge on any atom is 0.0685 e. The van der Waals surface area contributed by atoms with Gasteiger partial charge in [-0.05, 0) is 59.8 Å². The van der Waals surface area contributed by atoms with Crippen molar-refractivity contribution < 1.29 is 0 Å². The van der Waals surface area contributed by atoms with Crippen molar-refractivity contribution in [3.8, 4) is 0 Å². The molecule has 1 nitrogen and oxygen atoms in total. The molecule has 0 amide bonds. The minimum atomic E-state index is 0.341. The predicted molar refractivity (Wildman–Crippen MR) is 93.7 cm³/mol. The van der Waals surface area contributed by atoms with Gasteiger partial charge in [-0.1, -0.05) is 25.1 Å². The standard InChI is InChI=1S/C18H19NS2/c1-2-19-17(16-11-13-6-4-8-15(13)21-16)14-7-3-5-12-9-10-20-18(12)14/h3,5,7,9-11,17,19H,2,4,6,8H2,1H3. The highest BCUT2D eigenvalue weighted by atomic mass is 32.1. The zero-order chi connectivity index (χ0) is 14.2. The maximum atomic E-state index is 3.70. The monoisotopic (exact) mass is 313 g/mol. The van der Waals surface area contributed by atoms with Crippen LogP contribution in [0.3, 0.4) is 0 Å². The van der Waals surface area contributed by atoms with Crippen molar-refractivity contribution in [2.24, 2.45) is 0 Å². The van der Waals surface area contributed by atoms with Crippen LogP contribution >= 0.6 is 22.7 Å². The summed E-state index contributed by atoms with van der Waals surface area (Å²) in [7, 11) is 0. The van der Waals surface area contributed by atoms with E-state index in [-0.39, 0.29) is 0 Å². The Morgan fingerprint density at radius 1 is 1.24 bits per heavy atom. The molecule has 0 aliphatic heterocycles. The molecule has 2 aromatic heterocycles. The SMILES string of the molecule is CCNC(c1cc2c(s1)CCC2)c1cccc2ccsc12. The zero-order valence-electron chi connectivity index (χ0n) is 12.2. The van der Waals surface area contributed by atoms with E-state index in [2.05, 4.69) is 48.0 Å². The summed E-state index contributed by atoms with van der Waals surface area (Å²) in [6, 6.07) is 11.7. The van der Waals surface area contributed by atoms with E-state index in [1.54, 1.807) is 10.4 Å². The second-order valence-electron chi connectivity index (χ2n) is 5.63. The van der Waals surface area contributed by atoms with Gasteiger partial charge in [-0.2, -0.15) is 0 Å². The van der Waals surface area contributed by atoms with Crippen molar-refractivity contribution in [3.63, 3.8) is 0 Å². The summed E-state index contributed by atoms with van der Waals surface area (Å²) in [4.78, 5) is 3.11. The number of thiophene rings is 2. The molecule has 0 bridgehead atoms. The average Bonchev–Trinajstić information content (AvgIpc) is 3.18. The largest absolute Gasteiger partial charge is 0.306 e. The zero-order valence-corrected chi connectivity index (χ0v) is 13.8. The first kappa shape index (κ1) is 13.5. The van der Waals surface area contributed by atoms with Gasteiger partial charge in [-0.15, -0.1) is 22.7 Å². The minimum Gasteiger partial charge on any atom is -0.306 e. The van der Waals surface area contributed by atoms with Gasteiger partial charge >= 0.3 is 0 Å².